The molecule has 0 atom stereocenters. The molecule has 28 heavy (non-hydrogen) atoms. The fraction of sp³-hybridized carbons (Fsp3) is 0.100. The van der Waals surface area contributed by atoms with Gasteiger partial charge < -0.3 is 20.1 Å². The fourth-order valence-electron chi connectivity index (χ4n) is 2.38. The number of nitrogens with zero attached hydrogens (tertiary/aromatic N) is 2. The maximum Gasteiger partial charge on any atom is 0.337 e. The van der Waals surface area contributed by atoms with Crippen molar-refractivity contribution in [2.45, 2.75) is 0 Å². The SMILES string of the molecule is COC(=O)c1ccc(Nc2nccc(C(=O)Nc3cccc(OC)c3)n2)cc1. The molecule has 142 valence electrons. The van der Waals surface area contributed by atoms with Crippen LogP contribution >= 0.6 is 0 Å². The molecule has 1 amide bonds. The lowest BCUT2D eigenvalue weighted by molar-refractivity contribution is 0.0600. The normalized spacial score (nSPS) is 10.1. The monoisotopic (exact) mass is 378 g/mol. The van der Waals surface area contributed by atoms with Gasteiger partial charge in [0.1, 0.15) is 11.4 Å². The Bertz CT molecular complexity index is 990. The highest BCUT2D eigenvalue weighted by Crippen LogP contribution is 2.18. The van der Waals surface area contributed by atoms with E-state index in [-0.39, 0.29) is 17.5 Å². The summed E-state index contributed by atoms with van der Waals surface area (Å²) in [4.78, 5) is 32.3. The molecule has 0 fully saturated rings. The lowest BCUT2D eigenvalue weighted by atomic mass is 10.2. The van der Waals surface area contributed by atoms with Crippen molar-refractivity contribution < 1.29 is 19.1 Å². The molecule has 2 N–H and O–H groups in total. The van der Waals surface area contributed by atoms with E-state index in [4.69, 9.17) is 4.74 Å². The van der Waals surface area contributed by atoms with Gasteiger partial charge in [0.2, 0.25) is 5.95 Å². The Morgan fingerprint density at radius 2 is 1.75 bits per heavy atom. The molecular weight excluding hydrogens is 360 g/mol. The van der Waals surface area contributed by atoms with Crippen molar-refractivity contribution in [1.29, 1.82) is 0 Å². The van der Waals surface area contributed by atoms with E-state index in [1.165, 1.54) is 19.4 Å². The average molecular weight is 378 g/mol. The van der Waals surface area contributed by atoms with Gasteiger partial charge in [0.05, 0.1) is 19.8 Å². The Balaban J connectivity index is 1.71. The molecule has 0 saturated carbocycles. The summed E-state index contributed by atoms with van der Waals surface area (Å²) < 4.78 is 9.81. The van der Waals surface area contributed by atoms with E-state index in [0.29, 0.717) is 22.7 Å². The summed E-state index contributed by atoms with van der Waals surface area (Å²) in [7, 11) is 2.88. The van der Waals surface area contributed by atoms with Crippen molar-refractivity contribution in [3.8, 4) is 5.75 Å². The molecule has 0 unspecified atom stereocenters. The van der Waals surface area contributed by atoms with Crippen LogP contribution in [-0.4, -0.2) is 36.1 Å². The molecule has 0 aliphatic heterocycles. The molecule has 1 heterocycles. The summed E-state index contributed by atoms with van der Waals surface area (Å²) in [6.45, 7) is 0. The quantitative estimate of drug-likeness (QED) is 0.635. The van der Waals surface area contributed by atoms with Gasteiger partial charge in [0.25, 0.3) is 5.91 Å². The van der Waals surface area contributed by atoms with E-state index in [1.54, 1.807) is 55.6 Å². The number of hydrogen-bond acceptors (Lipinski definition) is 7. The molecule has 0 aliphatic rings. The number of amides is 1. The van der Waals surface area contributed by atoms with Crippen molar-refractivity contribution in [3.63, 3.8) is 0 Å². The topological polar surface area (TPSA) is 102 Å². The molecule has 2 aromatic carbocycles. The van der Waals surface area contributed by atoms with Gasteiger partial charge in [0, 0.05) is 23.6 Å². The number of ether oxygens (including phenoxy) is 2. The number of hydrogen-bond donors (Lipinski definition) is 2. The lowest BCUT2D eigenvalue weighted by Crippen LogP contribution is -2.14. The highest BCUT2D eigenvalue weighted by molar-refractivity contribution is 6.03. The number of carbonyl (C=O) groups is 2. The van der Waals surface area contributed by atoms with Crippen molar-refractivity contribution in [3.05, 3.63) is 72.1 Å². The van der Waals surface area contributed by atoms with Crippen LogP contribution < -0.4 is 15.4 Å². The van der Waals surface area contributed by atoms with Crippen LogP contribution in [-0.2, 0) is 4.74 Å². The molecule has 0 spiro atoms. The van der Waals surface area contributed by atoms with Crippen molar-refractivity contribution in [2.75, 3.05) is 24.9 Å². The minimum absolute atomic E-state index is 0.200. The van der Waals surface area contributed by atoms with Gasteiger partial charge in [-0.15, -0.1) is 0 Å². The van der Waals surface area contributed by atoms with Gasteiger partial charge in [-0.05, 0) is 42.5 Å². The van der Waals surface area contributed by atoms with Crippen LogP contribution in [0.2, 0.25) is 0 Å². The van der Waals surface area contributed by atoms with Crippen LogP contribution in [0.1, 0.15) is 20.8 Å². The summed E-state index contributed by atoms with van der Waals surface area (Å²) in [5.74, 6) is 0.0982. The Hall–Kier alpha value is -3.94. The molecule has 3 rings (SSSR count). The lowest BCUT2D eigenvalue weighted by Gasteiger charge is -2.08. The molecule has 1 aromatic heterocycles. The first-order valence-electron chi connectivity index (χ1n) is 8.33. The number of benzene rings is 2. The van der Waals surface area contributed by atoms with Gasteiger partial charge in [0.15, 0.2) is 0 Å². The zero-order valence-corrected chi connectivity index (χ0v) is 15.3. The summed E-state index contributed by atoms with van der Waals surface area (Å²) in [5, 5.41) is 5.75. The average Bonchev–Trinajstić information content (AvgIpc) is 2.74. The number of aromatic nitrogens is 2. The predicted octanol–water partition coefficient (Wildman–Crippen LogP) is 3.27. The van der Waals surface area contributed by atoms with Gasteiger partial charge in [-0.3, -0.25) is 4.79 Å². The second-order valence-electron chi connectivity index (χ2n) is 5.65. The Morgan fingerprint density at radius 1 is 0.964 bits per heavy atom. The number of methoxy groups -OCH3 is 2. The zero-order valence-electron chi connectivity index (χ0n) is 15.3. The van der Waals surface area contributed by atoms with Gasteiger partial charge in [-0.1, -0.05) is 6.07 Å². The van der Waals surface area contributed by atoms with E-state index >= 15 is 0 Å². The van der Waals surface area contributed by atoms with Crippen molar-refractivity contribution >= 4 is 29.2 Å². The molecule has 0 aliphatic carbocycles. The van der Waals surface area contributed by atoms with Gasteiger partial charge in [-0.2, -0.15) is 0 Å². The number of esters is 1. The van der Waals surface area contributed by atoms with Crippen molar-refractivity contribution in [2.24, 2.45) is 0 Å². The Morgan fingerprint density at radius 3 is 2.46 bits per heavy atom. The molecule has 8 nitrogen and oxygen atoms in total. The van der Waals surface area contributed by atoms with Crippen LogP contribution in [0.3, 0.4) is 0 Å². The molecule has 3 aromatic rings. The maximum atomic E-state index is 12.4. The minimum Gasteiger partial charge on any atom is -0.497 e. The zero-order chi connectivity index (χ0) is 19.9. The molecule has 0 bridgehead atoms. The summed E-state index contributed by atoms with van der Waals surface area (Å²) in [5.41, 5.74) is 1.89. The first-order valence-corrected chi connectivity index (χ1v) is 8.33. The third-order valence-corrected chi connectivity index (χ3v) is 3.78. The number of anilines is 3. The standard InChI is InChI=1S/C20H18N4O4/c1-27-16-5-3-4-15(12-16)22-18(25)17-10-11-21-20(24-17)23-14-8-6-13(7-9-14)19(26)28-2/h3-12H,1-2H3,(H,22,25)(H,21,23,24). The first-order chi connectivity index (χ1) is 13.6. The third kappa shape index (κ3) is 4.61. The van der Waals surface area contributed by atoms with Crippen LogP contribution in [0, 0.1) is 0 Å². The summed E-state index contributed by atoms with van der Waals surface area (Å²) >= 11 is 0. The second-order valence-corrected chi connectivity index (χ2v) is 5.65. The van der Waals surface area contributed by atoms with Gasteiger partial charge >= 0.3 is 5.97 Å². The number of nitrogens with one attached hydrogen (secondary N) is 2. The molecule has 0 radical (unpaired) electrons. The van der Waals surface area contributed by atoms with Crippen LogP contribution in [0.15, 0.2) is 60.8 Å². The van der Waals surface area contributed by atoms with Crippen LogP contribution in [0.25, 0.3) is 0 Å². The molecular formula is C20H18N4O4. The second kappa shape index (κ2) is 8.63. The number of carbonyl (C=O) groups excluding carboxylic acids is 2. The first kappa shape index (κ1) is 18.8. The predicted molar refractivity (Wildman–Crippen MR) is 104 cm³/mol. The van der Waals surface area contributed by atoms with E-state index in [2.05, 4.69) is 25.3 Å². The van der Waals surface area contributed by atoms with E-state index < -0.39 is 5.97 Å². The van der Waals surface area contributed by atoms with E-state index in [9.17, 15) is 9.59 Å². The van der Waals surface area contributed by atoms with E-state index in [1.807, 2.05) is 0 Å². The minimum atomic E-state index is -0.418. The highest BCUT2D eigenvalue weighted by Gasteiger charge is 2.10. The highest BCUT2D eigenvalue weighted by atomic mass is 16.5. The summed E-state index contributed by atoms with van der Waals surface area (Å²) in [6, 6.07) is 15.2. The molecule has 0 saturated heterocycles. The fourth-order valence-corrected chi connectivity index (χ4v) is 2.38. The number of rotatable bonds is 6. The molecule has 8 heteroatoms. The van der Waals surface area contributed by atoms with Crippen molar-refractivity contribution in [1.82, 2.24) is 9.97 Å². The smallest absolute Gasteiger partial charge is 0.337 e. The van der Waals surface area contributed by atoms with Crippen LogP contribution in [0.4, 0.5) is 17.3 Å². The Labute approximate surface area is 161 Å². The Kier molecular flexibility index (Phi) is 5.81. The summed E-state index contributed by atoms with van der Waals surface area (Å²) in [6.07, 6.45) is 1.48. The van der Waals surface area contributed by atoms with Gasteiger partial charge in [-0.25, -0.2) is 14.8 Å². The van der Waals surface area contributed by atoms with E-state index in [0.717, 1.165) is 0 Å². The third-order valence-electron chi connectivity index (χ3n) is 3.78. The maximum absolute atomic E-state index is 12.4. The largest absolute Gasteiger partial charge is 0.497 e. The van der Waals surface area contributed by atoms with Crippen LogP contribution in [0.5, 0.6) is 5.75 Å².